The number of carbonyl (C=O) groups is 1. The van der Waals surface area contributed by atoms with Crippen LogP contribution in [0, 0.1) is 0 Å². The summed E-state index contributed by atoms with van der Waals surface area (Å²) in [5.74, 6) is 0. The third-order valence-electron chi connectivity index (χ3n) is 4.38. The van der Waals surface area contributed by atoms with Gasteiger partial charge in [-0.2, -0.15) is 0 Å². The monoisotopic (exact) mass is 325 g/mol. The van der Waals surface area contributed by atoms with Crippen LogP contribution in [-0.2, 0) is 4.79 Å². The maximum absolute atomic E-state index is 11.9. The van der Waals surface area contributed by atoms with E-state index in [1.54, 1.807) is 6.92 Å². The van der Waals surface area contributed by atoms with Gasteiger partial charge in [0.1, 0.15) is 0 Å². The van der Waals surface area contributed by atoms with Crippen LogP contribution >= 0.6 is 11.8 Å². The number of thioether (sulfide) groups is 1. The van der Waals surface area contributed by atoms with Gasteiger partial charge in [0.25, 0.3) is 0 Å². The van der Waals surface area contributed by atoms with Crippen LogP contribution in [0.15, 0.2) is 60.7 Å². The molecule has 120 valence electrons. The molecule has 1 aliphatic heterocycles. The van der Waals surface area contributed by atoms with E-state index in [-0.39, 0.29) is 16.4 Å². The first kappa shape index (κ1) is 16.3. The minimum Gasteiger partial charge on any atom is -0.295 e. The maximum Gasteiger partial charge on any atom is 0.186 e. The third kappa shape index (κ3) is 4.04. The fourth-order valence-corrected chi connectivity index (χ4v) is 4.49. The standard InChI is InChI=1S/C20H23NOS/c1-16(22)23-20(18-12-6-3-7-13-18)19(21-14-8-9-15-21)17-10-4-2-5-11-17/h2-7,10-13,19-20H,8-9,14-15H2,1H3/t19-,20+/m0/s1. The summed E-state index contributed by atoms with van der Waals surface area (Å²) in [7, 11) is 0. The van der Waals surface area contributed by atoms with Crippen molar-refractivity contribution in [1.82, 2.24) is 4.90 Å². The molecule has 0 spiro atoms. The second-order valence-electron chi connectivity index (χ2n) is 6.04. The van der Waals surface area contributed by atoms with E-state index in [1.165, 1.54) is 35.7 Å². The Morgan fingerprint density at radius 1 is 0.913 bits per heavy atom. The smallest absolute Gasteiger partial charge is 0.186 e. The molecule has 0 aliphatic carbocycles. The molecule has 1 fully saturated rings. The SMILES string of the molecule is CC(=O)S[C@H](c1ccccc1)[C@H](c1ccccc1)N1CCCC1. The maximum atomic E-state index is 11.9. The summed E-state index contributed by atoms with van der Waals surface area (Å²) in [5, 5.41) is 0.313. The highest BCUT2D eigenvalue weighted by molar-refractivity contribution is 8.13. The van der Waals surface area contributed by atoms with Gasteiger partial charge in [-0.25, -0.2) is 0 Å². The van der Waals surface area contributed by atoms with Gasteiger partial charge in [-0.3, -0.25) is 9.69 Å². The minimum atomic E-state index is 0.134. The van der Waals surface area contributed by atoms with Gasteiger partial charge in [-0.15, -0.1) is 0 Å². The van der Waals surface area contributed by atoms with Crippen LogP contribution in [0.4, 0.5) is 0 Å². The van der Waals surface area contributed by atoms with Crippen molar-refractivity contribution in [2.45, 2.75) is 31.1 Å². The minimum absolute atomic E-state index is 0.134. The lowest BCUT2D eigenvalue weighted by atomic mass is 9.97. The summed E-state index contributed by atoms with van der Waals surface area (Å²) in [6, 6.07) is 21.3. The number of hydrogen-bond donors (Lipinski definition) is 0. The normalized spacial score (nSPS) is 17.8. The first-order valence-corrected chi connectivity index (χ1v) is 9.15. The van der Waals surface area contributed by atoms with Crippen LogP contribution in [0.1, 0.15) is 42.2 Å². The van der Waals surface area contributed by atoms with Crippen LogP contribution < -0.4 is 0 Å². The Bertz CT molecular complexity index is 623. The van der Waals surface area contributed by atoms with Gasteiger partial charge in [0.15, 0.2) is 5.12 Å². The molecule has 2 aromatic rings. The Labute approximate surface area is 142 Å². The fraction of sp³-hybridized carbons (Fsp3) is 0.350. The molecular weight excluding hydrogens is 302 g/mol. The lowest BCUT2D eigenvalue weighted by Crippen LogP contribution is -2.30. The molecule has 0 amide bonds. The molecule has 3 heteroatoms. The summed E-state index contributed by atoms with van der Waals surface area (Å²) >= 11 is 1.46. The molecule has 1 aliphatic rings. The van der Waals surface area contributed by atoms with Gasteiger partial charge >= 0.3 is 0 Å². The van der Waals surface area contributed by atoms with Crippen molar-refractivity contribution >= 4 is 16.9 Å². The van der Waals surface area contributed by atoms with Crippen LogP contribution in [0.5, 0.6) is 0 Å². The van der Waals surface area contributed by atoms with E-state index in [9.17, 15) is 4.79 Å². The number of benzene rings is 2. The van der Waals surface area contributed by atoms with Gasteiger partial charge in [-0.05, 0) is 37.1 Å². The molecule has 3 rings (SSSR count). The van der Waals surface area contributed by atoms with Crippen molar-refractivity contribution in [2.75, 3.05) is 13.1 Å². The molecule has 0 unspecified atom stereocenters. The zero-order valence-electron chi connectivity index (χ0n) is 13.5. The summed E-state index contributed by atoms with van der Waals surface area (Å²) < 4.78 is 0. The van der Waals surface area contributed by atoms with E-state index in [0.717, 1.165) is 13.1 Å². The van der Waals surface area contributed by atoms with E-state index in [4.69, 9.17) is 0 Å². The summed E-state index contributed by atoms with van der Waals surface area (Å²) in [5.41, 5.74) is 2.53. The van der Waals surface area contributed by atoms with Gasteiger partial charge in [0, 0.05) is 6.92 Å². The third-order valence-corrected chi connectivity index (χ3v) is 5.50. The van der Waals surface area contributed by atoms with Crippen LogP contribution in [0.3, 0.4) is 0 Å². The lowest BCUT2D eigenvalue weighted by molar-refractivity contribution is -0.109. The zero-order chi connectivity index (χ0) is 16.1. The van der Waals surface area contributed by atoms with Gasteiger partial charge in [0.05, 0.1) is 11.3 Å². The topological polar surface area (TPSA) is 20.3 Å². The molecule has 0 aromatic heterocycles. The lowest BCUT2D eigenvalue weighted by Gasteiger charge is -2.34. The number of nitrogens with zero attached hydrogens (tertiary/aromatic N) is 1. The second kappa shape index (κ2) is 7.80. The molecule has 2 aromatic carbocycles. The Kier molecular flexibility index (Phi) is 5.52. The van der Waals surface area contributed by atoms with Crippen molar-refractivity contribution < 1.29 is 4.79 Å². The van der Waals surface area contributed by atoms with Crippen molar-refractivity contribution in [3.63, 3.8) is 0 Å². The average Bonchev–Trinajstić information content (AvgIpc) is 3.10. The van der Waals surface area contributed by atoms with Crippen LogP contribution in [0.2, 0.25) is 0 Å². The molecule has 0 bridgehead atoms. The second-order valence-corrected chi connectivity index (χ2v) is 7.36. The molecule has 2 atom stereocenters. The first-order chi connectivity index (χ1) is 11.3. The number of hydrogen-bond acceptors (Lipinski definition) is 3. The summed E-state index contributed by atoms with van der Waals surface area (Å²) in [6.07, 6.45) is 2.49. The van der Waals surface area contributed by atoms with Crippen LogP contribution in [-0.4, -0.2) is 23.1 Å². The van der Waals surface area contributed by atoms with Gasteiger partial charge in [0.2, 0.25) is 0 Å². The quantitative estimate of drug-likeness (QED) is 0.784. The van der Waals surface area contributed by atoms with Crippen molar-refractivity contribution in [2.24, 2.45) is 0 Å². The van der Waals surface area contributed by atoms with Crippen molar-refractivity contribution in [3.05, 3.63) is 71.8 Å². The van der Waals surface area contributed by atoms with Gasteiger partial charge in [-0.1, -0.05) is 72.4 Å². The largest absolute Gasteiger partial charge is 0.295 e. The number of rotatable bonds is 5. The van der Waals surface area contributed by atoms with Crippen molar-refractivity contribution in [3.8, 4) is 0 Å². The van der Waals surface area contributed by atoms with Crippen molar-refractivity contribution in [1.29, 1.82) is 0 Å². The molecule has 0 N–H and O–H groups in total. The first-order valence-electron chi connectivity index (χ1n) is 8.27. The Morgan fingerprint density at radius 2 is 1.43 bits per heavy atom. The molecule has 1 heterocycles. The summed E-state index contributed by atoms with van der Waals surface area (Å²) in [6.45, 7) is 3.90. The molecule has 23 heavy (non-hydrogen) atoms. The van der Waals surface area contributed by atoms with E-state index >= 15 is 0 Å². The number of likely N-dealkylation sites (tertiary alicyclic amines) is 1. The highest BCUT2D eigenvalue weighted by Crippen LogP contribution is 2.44. The molecule has 1 saturated heterocycles. The predicted octanol–water partition coefficient (Wildman–Crippen LogP) is 4.84. The molecule has 0 radical (unpaired) electrons. The van der Waals surface area contributed by atoms with E-state index in [0.29, 0.717) is 0 Å². The highest BCUT2D eigenvalue weighted by atomic mass is 32.2. The molecule has 0 saturated carbocycles. The molecular formula is C20H23NOS. The van der Waals surface area contributed by atoms with Gasteiger partial charge < -0.3 is 0 Å². The summed E-state index contributed by atoms with van der Waals surface area (Å²) in [4.78, 5) is 14.5. The average molecular weight is 325 g/mol. The number of carbonyl (C=O) groups excluding carboxylic acids is 1. The van der Waals surface area contributed by atoms with E-state index in [1.807, 2.05) is 6.07 Å². The zero-order valence-corrected chi connectivity index (χ0v) is 14.3. The van der Waals surface area contributed by atoms with Crippen LogP contribution in [0.25, 0.3) is 0 Å². The van der Waals surface area contributed by atoms with E-state index < -0.39 is 0 Å². The fourth-order valence-electron chi connectivity index (χ4n) is 3.38. The Morgan fingerprint density at radius 3 is 1.96 bits per heavy atom. The Balaban J connectivity index is 2.01. The molecule has 2 nitrogen and oxygen atoms in total. The van der Waals surface area contributed by atoms with E-state index in [2.05, 4.69) is 59.5 Å². The Hall–Kier alpha value is -1.58. The predicted molar refractivity (Wildman–Crippen MR) is 97.4 cm³/mol. The highest BCUT2D eigenvalue weighted by Gasteiger charge is 2.33.